The summed E-state index contributed by atoms with van der Waals surface area (Å²) in [5, 5.41) is 2.87. The van der Waals surface area contributed by atoms with Gasteiger partial charge in [0.25, 0.3) is 5.91 Å². The molecule has 2 aromatic carbocycles. The van der Waals surface area contributed by atoms with Crippen LogP contribution < -0.4 is 19.7 Å². The molecule has 1 saturated heterocycles. The molecule has 29 heavy (non-hydrogen) atoms. The maximum Gasteiger partial charge on any atom is 0.272 e. The fourth-order valence-electron chi connectivity index (χ4n) is 3.45. The summed E-state index contributed by atoms with van der Waals surface area (Å²) < 4.78 is 17.1. The lowest BCUT2D eigenvalue weighted by Gasteiger charge is -2.30. The molecule has 0 spiro atoms. The normalized spacial score (nSPS) is 20.1. The van der Waals surface area contributed by atoms with Gasteiger partial charge in [-0.25, -0.2) is 0 Å². The standard InChI is InChI=1S/C22H24N2O5/c25-21(23-13-17-9-6-12-27-17)14-24(16-7-2-1-3-8-16)22(26)20-15-28-18-10-4-5-11-19(18)29-20/h1-5,7-8,10-11,17,20H,6,9,12-15H2,(H,23,25)/t17-,20-/m0/s1. The van der Waals surface area contributed by atoms with Crippen LogP contribution in [0.15, 0.2) is 54.6 Å². The molecule has 0 radical (unpaired) electrons. The molecule has 0 aliphatic carbocycles. The Morgan fingerprint density at radius 3 is 2.55 bits per heavy atom. The first-order valence-corrected chi connectivity index (χ1v) is 9.84. The molecule has 2 aliphatic rings. The van der Waals surface area contributed by atoms with Crippen molar-refractivity contribution in [1.29, 1.82) is 0 Å². The van der Waals surface area contributed by atoms with Gasteiger partial charge in [-0.1, -0.05) is 30.3 Å². The van der Waals surface area contributed by atoms with Crippen LogP contribution in [-0.2, 0) is 14.3 Å². The SMILES string of the molecule is O=C(CN(C(=O)[C@@H]1COc2ccccc2O1)c1ccccc1)NC[C@@H]1CCCO1. The molecule has 2 amide bonds. The Balaban J connectivity index is 1.45. The summed E-state index contributed by atoms with van der Waals surface area (Å²) >= 11 is 0. The van der Waals surface area contributed by atoms with E-state index in [-0.39, 0.29) is 31.1 Å². The Kier molecular flexibility index (Phi) is 5.95. The van der Waals surface area contributed by atoms with Gasteiger partial charge in [-0.3, -0.25) is 14.5 Å². The third-order valence-electron chi connectivity index (χ3n) is 4.97. The fourth-order valence-corrected chi connectivity index (χ4v) is 3.45. The van der Waals surface area contributed by atoms with E-state index in [1.54, 1.807) is 24.3 Å². The average Bonchev–Trinajstić information content (AvgIpc) is 3.29. The number of carbonyl (C=O) groups is 2. The van der Waals surface area contributed by atoms with Crippen molar-refractivity contribution in [2.24, 2.45) is 0 Å². The van der Waals surface area contributed by atoms with Gasteiger partial charge in [0.1, 0.15) is 13.2 Å². The minimum absolute atomic E-state index is 0.0476. The molecule has 2 atom stereocenters. The van der Waals surface area contributed by atoms with E-state index in [4.69, 9.17) is 14.2 Å². The van der Waals surface area contributed by atoms with E-state index in [9.17, 15) is 9.59 Å². The van der Waals surface area contributed by atoms with Crippen molar-refractivity contribution in [2.45, 2.75) is 25.0 Å². The van der Waals surface area contributed by atoms with Crippen LogP contribution in [0.25, 0.3) is 0 Å². The van der Waals surface area contributed by atoms with Gasteiger partial charge in [0.05, 0.1) is 6.10 Å². The highest BCUT2D eigenvalue weighted by atomic mass is 16.6. The molecular formula is C22H24N2O5. The van der Waals surface area contributed by atoms with E-state index in [1.807, 2.05) is 30.3 Å². The Labute approximate surface area is 169 Å². The van der Waals surface area contributed by atoms with Gasteiger partial charge in [0, 0.05) is 18.8 Å². The van der Waals surface area contributed by atoms with Crippen LogP contribution in [-0.4, -0.2) is 50.3 Å². The van der Waals surface area contributed by atoms with Crippen molar-refractivity contribution in [1.82, 2.24) is 5.32 Å². The predicted octanol–water partition coefficient (Wildman–Crippen LogP) is 2.15. The van der Waals surface area contributed by atoms with E-state index in [1.165, 1.54) is 4.90 Å². The zero-order valence-corrected chi connectivity index (χ0v) is 16.1. The molecule has 7 heteroatoms. The van der Waals surface area contributed by atoms with Gasteiger partial charge in [-0.2, -0.15) is 0 Å². The molecule has 152 valence electrons. The number of carbonyl (C=O) groups excluding carboxylic acids is 2. The van der Waals surface area contributed by atoms with Crippen LogP contribution in [0.3, 0.4) is 0 Å². The average molecular weight is 396 g/mol. The number of nitrogens with zero attached hydrogens (tertiary/aromatic N) is 1. The van der Waals surface area contributed by atoms with Gasteiger partial charge < -0.3 is 19.5 Å². The molecule has 0 aromatic heterocycles. The molecule has 2 aromatic rings. The molecule has 7 nitrogen and oxygen atoms in total. The number of benzene rings is 2. The highest BCUT2D eigenvalue weighted by Crippen LogP contribution is 2.31. The van der Waals surface area contributed by atoms with Gasteiger partial charge >= 0.3 is 0 Å². The molecule has 4 rings (SSSR count). The number of ether oxygens (including phenoxy) is 3. The third-order valence-corrected chi connectivity index (χ3v) is 4.97. The molecule has 0 saturated carbocycles. The van der Waals surface area contributed by atoms with Crippen LogP contribution in [0.5, 0.6) is 11.5 Å². The lowest BCUT2D eigenvalue weighted by Crippen LogP contribution is -2.50. The summed E-state index contributed by atoms with van der Waals surface area (Å²) in [6.45, 7) is 1.18. The van der Waals surface area contributed by atoms with Crippen LogP contribution in [0.4, 0.5) is 5.69 Å². The minimum atomic E-state index is -0.823. The lowest BCUT2D eigenvalue weighted by molar-refractivity contribution is -0.129. The fraction of sp³-hybridized carbons (Fsp3) is 0.364. The molecule has 0 unspecified atom stereocenters. The second kappa shape index (κ2) is 8.96. The highest BCUT2D eigenvalue weighted by Gasteiger charge is 2.33. The van der Waals surface area contributed by atoms with Gasteiger partial charge in [-0.15, -0.1) is 0 Å². The lowest BCUT2D eigenvalue weighted by atomic mass is 10.2. The monoisotopic (exact) mass is 396 g/mol. The zero-order valence-electron chi connectivity index (χ0n) is 16.1. The molecular weight excluding hydrogens is 372 g/mol. The van der Waals surface area contributed by atoms with E-state index < -0.39 is 6.10 Å². The number of anilines is 1. The summed E-state index contributed by atoms with van der Waals surface area (Å²) in [4.78, 5) is 27.2. The van der Waals surface area contributed by atoms with E-state index >= 15 is 0 Å². The maximum atomic E-state index is 13.2. The van der Waals surface area contributed by atoms with E-state index in [2.05, 4.69) is 5.32 Å². The topological polar surface area (TPSA) is 77.1 Å². The minimum Gasteiger partial charge on any atom is -0.485 e. The summed E-state index contributed by atoms with van der Waals surface area (Å²) in [5.74, 6) is 0.567. The van der Waals surface area contributed by atoms with Crippen molar-refractivity contribution < 1.29 is 23.8 Å². The second-order valence-electron chi connectivity index (χ2n) is 7.06. The van der Waals surface area contributed by atoms with Gasteiger partial charge in [0.2, 0.25) is 12.0 Å². The first-order valence-electron chi connectivity index (χ1n) is 9.84. The Hall–Kier alpha value is -3.06. The van der Waals surface area contributed by atoms with Crippen molar-refractivity contribution in [3.63, 3.8) is 0 Å². The molecule has 1 fully saturated rings. The summed E-state index contributed by atoms with van der Waals surface area (Å²) in [6.07, 6.45) is 1.17. The first kappa shape index (κ1) is 19.3. The number of amides is 2. The zero-order chi connectivity index (χ0) is 20.1. The number of fused-ring (bicyclic) bond motifs is 1. The van der Waals surface area contributed by atoms with E-state index in [0.717, 1.165) is 19.4 Å². The summed E-state index contributed by atoms with van der Waals surface area (Å²) in [7, 11) is 0. The number of hydrogen-bond donors (Lipinski definition) is 1. The Morgan fingerprint density at radius 1 is 1.03 bits per heavy atom. The smallest absolute Gasteiger partial charge is 0.272 e. The van der Waals surface area contributed by atoms with Crippen LogP contribution >= 0.6 is 0 Å². The van der Waals surface area contributed by atoms with Crippen molar-refractivity contribution in [2.75, 3.05) is 31.2 Å². The summed E-state index contributed by atoms with van der Waals surface area (Å²) in [6, 6.07) is 16.3. The number of nitrogens with one attached hydrogen (secondary N) is 1. The Bertz CT molecular complexity index is 851. The van der Waals surface area contributed by atoms with Crippen LogP contribution in [0, 0.1) is 0 Å². The van der Waals surface area contributed by atoms with E-state index in [0.29, 0.717) is 23.7 Å². The Morgan fingerprint density at radius 2 is 1.79 bits per heavy atom. The molecule has 2 aliphatic heterocycles. The first-order chi connectivity index (χ1) is 14.2. The van der Waals surface area contributed by atoms with Crippen molar-refractivity contribution in [3.8, 4) is 11.5 Å². The second-order valence-corrected chi connectivity index (χ2v) is 7.06. The quantitative estimate of drug-likeness (QED) is 0.810. The highest BCUT2D eigenvalue weighted by molar-refractivity contribution is 6.01. The molecule has 2 heterocycles. The predicted molar refractivity (Wildman–Crippen MR) is 107 cm³/mol. The summed E-state index contributed by atoms with van der Waals surface area (Å²) in [5.41, 5.74) is 0.632. The number of rotatable bonds is 6. The third kappa shape index (κ3) is 4.68. The largest absolute Gasteiger partial charge is 0.485 e. The van der Waals surface area contributed by atoms with Crippen LogP contribution in [0.1, 0.15) is 12.8 Å². The maximum absolute atomic E-state index is 13.2. The van der Waals surface area contributed by atoms with Crippen molar-refractivity contribution >= 4 is 17.5 Å². The van der Waals surface area contributed by atoms with Crippen LogP contribution in [0.2, 0.25) is 0 Å². The van der Waals surface area contributed by atoms with Gasteiger partial charge in [-0.05, 0) is 37.1 Å². The molecule has 0 bridgehead atoms. The van der Waals surface area contributed by atoms with Crippen molar-refractivity contribution in [3.05, 3.63) is 54.6 Å². The number of hydrogen-bond acceptors (Lipinski definition) is 5. The van der Waals surface area contributed by atoms with Gasteiger partial charge in [0.15, 0.2) is 11.5 Å². The molecule has 1 N–H and O–H groups in total. The number of para-hydroxylation sites is 3.